The number of nitrogens with one attached hydrogen (secondary N) is 1. The van der Waals surface area contributed by atoms with Crippen LogP contribution < -0.4 is 19.7 Å². The minimum Gasteiger partial charge on any atom is -0.493 e. The number of fused-ring (bicyclic) bond motifs is 1. The molecule has 0 bridgehead atoms. The van der Waals surface area contributed by atoms with Gasteiger partial charge in [-0.1, -0.05) is 17.8 Å². The molecule has 1 N–H and O–H groups in total. The number of furan rings is 1. The molecule has 2 amide bonds. The number of thioether (sulfide) groups is 1. The number of ether oxygens (including phenoxy) is 2. The number of hydrogen-bond donors (Lipinski definition) is 1. The molecule has 0 saturated carbocycles. The Morgan fingerprint density at radius 1 is 1.12 bits per heavy atom. The largest absolute Gasteiger partial charge is 0.493 e. The molecule has 2 aromatic carbocycles. The maximum atomic E-state index is 13.0. The van der Waals surface area contributed by atoms with Crippen LogP contribution >= 0.6 is 11.8 Å². The molecular formula is C24H22N2O5S. The van der Waals surface area contributed by atoms with Crippen molar-refractivity contribution in [2.75, 3.05) is 26.2 Å². The molecule has 32 heavy (non-hydrogen) atoms. The Balaban J connectivity index is 1.56. The second-order valence-electron chi connectivity index (χ2n) is 7.03. The van der Waals surface area contributed by atoms with Crippen LogP contribution in [0.4, 0.5) is 5.69 Å². The van der Waals surface area contributed by atoms with Gasteiger partial charge in [0.05, 0.1) is 37.6 Å². The predicted molar refractivity (Wildman–Crippen MR) is 123 cm³/mol. The molecule has 0 unspecified atom stereocenters. The maximum Gasteiger partial charge on any atom is 0.264 e. The van der Waals surface area contributed by atoms with E-state index in [0.717, 1.165) is 10.5 Å². The van der Waals surface area contributed by atoms with Crippen molar-refractivity contribution < 1.29 is 23.5 Å². The van der Waals surface area contributed by atoms with E-state index < -0.39 is 0 Å². The molecule has 0 saturated heterocycles. The highest BCUT2D eigenvalue weighted by Crippen LogP contribution is 2.42. The molecule has 1 aliphatic rings. The van der Waals surface area contributed by atoms with Gasteiger partial charge in [-0.25, -0.2) is 0 Å². The average Bonchev–Trinajstić information content (AvgIpc) is 3.34. The first-order valence-electron chi connectivity index (χ1n) is 9.84. The first kappa shape index (κ1) is 21.6. The lowest BCUT2D eigenvalue weighted by molar-refractivity contribution is -0.114. The number of hydrogen-bond acceptors (Lipinski definition) is 6. The molecule has 1 aromatic heterocycles. The van der Waals surface area contributed by atoms with Crippen LogP contribution in [-0.4, -0.2) is 33.1 Å². The van der Waals surface area contributed by atoms with E-state index in [9.17, 15) is 9.59 Å². The number of methoxy groups -OCH3 is 2. The van der Waals surface area contributed by atoms with Gasteiger partial charge in [0.2, 0.25) is 0 Å². The zero-order chi connectivity index (χ0) is 22.7. The van der Waals surface area contributed by atoms with E-state index in [4.69, 9.17) is 13.9 Å². The maximum absolute atomic E-state index is 13.0. The van der Waals surface area contributed by atoms with Crippen LogP contribution in [0.1, 0.15) is 21.7 Å². The number of carbonyl (C=O) groups excluding carboxylic acids is 2. The van der Waals surface area contributed by atoms with Crippen molar-refractivity contribution in [1.82, 2.24) is 5.32 Å². The lowest BCUT2D eigenvalue weighted by Crippen LogP contribution is -2.31. The number of carbonyl (C=O) groups is 2. The van der Waals surface area contributed by atoms with Gasteiger partial charge in [-0.15, -0.1) is 0 Å². The fourth-order valence-corrected chi connectivity index (χ4v) is 4.40. The summed E-state index contributed by atoms with van der Waals surface area (Å²) in [5.41, 5.74) is 1.99. The van der Waals surface area contributed by atoms with Crippen molar-refractivity contribution in [3.8, 4) is 11.5 Å². The van der Waals surface area contributed by atoms with Crippen LogP contribution in [0.2, 0.25) is 0 Å². The van der Waals surface area contributed by atoms with Gasteiger partial charge in [0, 0.05) is 17.5 Å². The third-order valence-electron chi connectivity index (χ3n) is 5.03. The molecule has 0 fully saturated rings. The van der Waals surface area contributed by atoms with Crippen LogP contribution in [-0.2, 0) is 11.3 Å². The minimum absolute atomic E-state index is 0.148. The predicted octanol–water partition coefficient (Wildman–Crippen LogP) is 4.34. The number of likely N-dealkylation sites (N-methyl/N-ethyl adjacent to an activating group) is 1. The quantitative estimate of drug-likeness (QED) is 0.563. The van der Waals surface area contributed by atoms with Crippen molar-refractivity contribution in [2.24, 2.45) is 0 Å². The fourth-order valence-electron chi connectivity index (χ4n) is 3.31. The lowest BCUT2D eigenvalue weighted by atomic mass is 10.1. The summed E-state index contributed by atoms with van der Waals surface area (Å²) in [6, 6.07) is 14.4. The third-order valence-corrected chi connectivity index (χ3v) is 6.10. The Hall–Kier alpha value is -3.65. The van der Waals surface area contributed by atoms with Gasteiger partial charge in [-0.05, 0) is 54.1 Å². The van der Waals surface area contributed by atoms with Crippen LogP contribution in [0.5, 0.6) is 11.5 Å². The Morgan fingerprint density at radius 2 is 1.94 bits per heavy atom. The van der Waals surface area contributed by atoms with E-state index >= 15 is 0 Å². The summed E-state index contributed by atoms with van der Waals surface area (Å²) in [5.74, 6) is 1.50. The summed E-state index contributed by atoms with van der Waals surface area (Å²) >= 11 is 1.37. The van der Waals surface area contributed by atoms with Crippen molar-refractivity contribution in [3.63, 3.8) is 0 Å². The Morgan fingerprint density at radius 3 is 2.66 bits per heavy atom. The molecule has 0 radical (unpaired) electrons. The monoisotopic (exact) mass is 450 g/mol. The Labute approximate surface area is 190 Å². The molecule has 7 nitrogen and oxygen atoms in total. The SMILES string of the molecule is COc1ccc(C=C2Sc3ccc(C(=O)NCc4ccco4)cc3N(C)C2=O)cc1OC. The molecule has 3 aromatic rings. The molecule has 4 rings (SSSR count). The van der Waals surface area contributed by atoms with Crippen LogP contribution in [0.15, 0.2) is 69.0 Å². The third kappa shape index (κ3) is 4.36. The smallest absolute Gasteiger partial charge is 0.264 e. The van der Waals surface area contributed by atoms with Crippen LogP contribution in [0, 0.1) is 0 Å². The first-order chi connectivity index (χ1) is 15.5. The van der Waals surface area contributed by atoms with Gasteiger partial charge in [0.15, 0.2) is 11.5 Å². The van der Waals surface area contributed by atoms with E-state index in [-0.39, 0.29) is 11.8 Å². The molecular weight excluding hydrogens is 428 g/mol. The molecule has 0 atom stereocenters. The van der Waals surface area contributed by atoms with Crippen molar-refractivity contribution in [2.45, 2.75) is 11.4 Å². The molecule has 8 heteroatoms. The Kier molecular flexibility index (Phi) is 6.23. The van der Waals surface area contributed by atoms with Gasteiger partial charge in [0.25, 0.3) is 11.8 Å². The number of amides is 2. The Bertz CT molecular complexity index is 1190. The first-order valence-corrected chi connectivity index (χ1v) is 10.7. The molecule has 0 spiro atoms. The zero-order valence-electron chi connectivity index (χ0n) is 17.9. The zero-order valence-corrected chi connectivity index (χ0v) is 18.7. The molecule has 1 aliphatic heterocycles. The topological polar surface area (TPSA) is 81.0 Å². The van der Waals surface area contributed by atoms with E-state index in [1.807, 2.05) is 24.3 Å². The van der Waals surface area contributed by atoms with Gasteiger partial charge >= 0.3 is 0 Å². The van der Waals surface area contributed by atoms with E-state index in [1.165, 1.54) is 11.8 Å². The normalized spacial score (nSPS) is 14.3. The van der Waals surface area contributed by atoms with Crippen LogP contribution in [0.3, 0.4) is 0 Å². The standard InChI is InChI=1S/C24H22N2O5S/c1-26-18-13-16(23(27)25-14-17-5-4-10-31-17)7-9-21(18)32-22(24(26)28)12-15-6-8-19(29-2)20(11-15)30-3/h4-13H,14H2,1-3H3,(H,25,27). The van der Waals surface area contributed by atoms with E-state index in [2.05, 4.69) is 5.32 Å². The highest BCUT2D eigenvalue weighted by Gasteiger charge is 2.27. The fraction of sp³-hybridized carbons (Fsp3) is 0.167. The number of anilines is 1. The molecule has 164 valence electrons. The highest BCUT2D eigenvalue weighted by atomic mass is 32.2. The van der Waals surface area contributed by atoms with Gasteiger partial charge < -0.3 is 24.1 Å². The van der Waals surface area contributed by atoms with E-state index in [0.29, 0.717) is 40.0 Å². The summed E-state index contributed by atoms with van der Waals surface area (Å²) in [5, 5.41) is 2.82. The molecule has 2 heterocycles. The summed E-state index contributed by atoms with van der Waals surface area (Å²) in [7, 11) is 4.85. The van der Waals surface area contributed by atoms with Crippen LogP contribution in [0.25, 0.3) is 6.08 Å². The number of benzene rings is 2. The molecule has 0 aliphatic carbocycles. The summed E-state index contributed by atoms with van der Waals surface area (Å²) < 4.78 is 15.9. The number of rotatable bonds is 6. The van der Waals surface area contributed by atoms with Crippen molar-refractivity contribution in [1.29, 1.82) is 0 Å². The van der Waals surface area contributed by atoms with Gasteiger partial charge in [0.1, 0.15) is 5.76 Å². The number of nitrogens with zero attached hydrogens (tertiary/aromatic N) is 1. The minimum atomic E-state index is -0.235. The highest BCUT2D eigenvalue weighted by molar-refractivity contribution is 8.04. The van der Waals surface area contributed by atoms with Crippen molar-refractivity contribution in [3.05, 3.63) is 76.6 Å². The second-order valence-corrected chi connectivity index (χ2v) is 8.12. The summed E-state index contributed by atoms with van der Waals surface area (Å²) in [6.07, 6.45) is 3.38. The van der Waals surface area contributed by atoms with Crippen molar-refractivity contribution >= 4 is 35.3 Å². The van der Waals surface area contributed by atoms with Gasteiger partial charge in [-0.2, -0.15) is 0 Å². The summed E-state index contributed by atoms with van der Waals surface area (Å²) in [6.45, 7) is 0.296. The second kappa shape index (κ2) is 9.23. The average molecular weight is 451 g/mol. The summed E-state index contributed by atoms with van der Waals surface area (Å²) in [4.78, 5) is 28.6. The lowest BCUT2D eigenvalue weighted by Gasteiger charge is -2.27. The van der Waals surface area contributed by atoms with Gasteiger partial charge in [-0.3, -0.25) is 9.59 Å². The van der Waals surface area contributed by atoms with E-state index in [1.54, 1.807) is 62.8 Å².